The molecule has 0 aliphatic heterocycles. The maximum absolute atomic E-state index is 12.7. The molecule has 1 aromatic rings. The molecule has 0 amide bonds. The number of hydrogen-bond donors (Lipinski definition) is 1. The number of halogens is 3. The Hall–Kier alpha value is -1.46. The van der Waals surface area contributed by atoms with Gasteiger partial charge in [0.25, 0.3) is 0 Å². The number of hydrogen-bond acceptors (Lipinski definition) is 3. The van der Waals surface area contributed by atoms with E-state index in [9.17, 15) is 13.2 Å². The van der Waals surface area contributed by atoms with E-state index in [0.717, 1.165) is 12.1 Å². The van der Waals surface area contributed by atoms with E-state index >= 15 is 0 Å². The quantitative estimate of drug-likeness (QED) is 0.878. The number of nitrogens with one attached hydrogen (secondary N) is 1. The van der Waals surface area contributed by atoms with Crippen LogP contribution in [0.15, 0.2) is 12.1 Å². The molecule has 0 radical (unpaired) electrons. The molecule has 3 nitrogen and oxygen atoms in total. The van der Waals surface area contributed by atoms with Crippen molar-refractivity contribution in [3.05, 3.63) is 17.7 Å². The molecule has 0 bridgehead atoms. The molecule has 1 unspecified atom stereocenters. The zero-order chi connectivity index (χ0) is 13.8. The molecular formula is C12H17F3N2O. The molecule has 0 aliphatic rings. The van der Waals surface area contributed by atoms with Gasteiger partial charge in [0.2, 0.25) is 5.88 Å². The summed E-state index contributed by atoms with van der Waals surface area (Å²) in [6, 6.07) is 1.90. The average Bonchev–Trinajstić information content (AvgIpc) is 2.27. The fourth-order valence-electron chi connectivity index (χ4n) is 1.29. The van der Waals surface area contributed by atoms with Crippen LogP contribution in [0, 0.1) is 0 Å². The van der Waals surface area contributed by atoms with Gasteiger partial charge in [-0.1, -0.05) is 6.92 Å². The van der Waals surface area contributed by atoms with Gasteiger partial charge in [-0.15, -0.1) is 0 Å². The molecule has 0 aliphatic carbocycles. The zero-order valence-electron chi connectivity index (χ0n) is 10.6. The van der Waals surface area contributed by atoms with Crippen LogP contribution in [0.4, 0.5) is 19.0 Å². The van der Waals surface area contributed by atoms with Crippen LogP contribution in [0.1, 0.15) is 32.8 Å². The van der Waals surface area contributed by atoms with Crippen LogP contribution < -0.4 is 10.1 Å². The lowest BCUT2D eigenvalue weighted by Gasteiger charge is -2.15. The van der Waals surface area contributed by atoms with Crippen LogP contribution in [-0.4, -0.2) is 17.6 Å². The van der Waals surface area contributed by atoms with Crippen LogP contribution in [0.2, 0.25) is 0 Å². The standard InChI is InChI=1S/C12H17F3N2O/c1-4-8(3)18-11-7-9(12(13,14)15)6-10(17-11)16-5-2/h6-8H,4-5H2,1-3H3,(H,16,17). The van der Waals surface area contributed by atoms with E-state index in [1.165, 1.54) is 0 Å². The number of anilines is 1. The molecule has 102 valence electrons. The normalized spacial score (nSPS) is 13.2. The summed E-state index contributed by atoms with van der Waals surface area (Å²) >= 11 is 0. The lowest BCUT2D eigenvalue weighted by Crippen LogP contribution is -2.14. The molecule has 1 aromatic heterocycles. The molecule has 0 fully saturated rings. The summed E-state index contributed by atoms with van der Waals surface area (Å²) in [7, 11) is 0. The Morgan fingerprint density at radius 3 is 2.50 bits per heavy atom. The third kappa shape index (κ3) is 4.09. The summed E-state index contributed by atoms with van der Waals surface area (Å²) in [6.45, 7) is 5.96. The fraction of sp³-hybridized carbons (Fsp3) is 0.583. The molecule has 0 saturated carbocycles. The van der Waals surface area contributed by atoms with E-state index in [0.29, 0.717) is 13.0 Å². The molecule has 1 N–H and O–H groups in total. The first kappa shape index (κ1) is 14.6. The van der Waals surface area contributed by atoms with Gasteiger partial charge in [0, 0.05) is 12.6 Å². The maximum atomic E-state index is 12.7. The number of nitrogens with zero attached hydrogens (tertiary/aromatic N) is 1. The van der Waals surface area contributed by atoms with Crippen LogP contribution in [-0.2, 0) is 6.18 Å². The monoisotopic (exact) mass is 262 g/mol. The first-order valence-corrected chi connectivity index (χ1v) is 5.86. The smallest absolute Gasteiger partial charge is 0.416 e. The summed E-state index contributed by atoms with van der Waals surface area (Å²) in [5.74, 6) is 0.167. The van der Waals surface area contributed by atoms with Gasteiger partial charge in [-0.25, -0.2) is 0 Å². The molecular weight excluding hydrogens is 245 g/mol. The molecule has 0 saturated heterocycles. The largest absolute Gasteiger partial charge is 0.475 e. The molecule has 6 heteroatoms. The minimum absolute atomic E-state index is 0.00451. The Kier molecular flexibility index (Phi) is 4.81. The second-order valence-corrected chi connectivity index (χ2v) is 3.94. The van der Waals surface area contributed by atoms with E-state index in [2.05, 4.69) is 10.3 Å². The highest BCUT2D eigenvalue weighted by Gasteiger charge is 2.32. The molecule has 0 spiro atoms. The summed E-state index contributed by atoms with van der Waals surface area (Å²) in [4.78, 5) is 3.99. The highest BCUT2D eigenvalue weighted by Crippen LogP contribution is 2.32. The SMILES string of the molecule is CCNc1cc(C(F)(F)F)cc(OC(C)CC)n1. The first-order chi connectivity index (χ1) is 8.36. The number of aromatic nitrogens is 1. The van der Waals surface area contributed by atoms with Crippen molar-refractivity contribution in [1.82, 2.24) is 4.98 Å². The third-order valence-electron chi connectivity index (χ3n) is 2.38. The lowest BCUT2D eigenvalue weighted by atomic mass is 10.2. The van der Waals surface area contributed by atoms with Crippen LogP contribution >= 0.6 is 0 Å². The van der Waals surface area contributed by atoms with Crippen molar-refractivity contribution in [1.29, 1.82) is 0 Å². The number of rotatable bonds is 5. The van der Waals surface area contributed by atoms with E-state index in [4.69, 9.17) is 4.74 Å². The molecule has 1 atom stereocenters. The van der Waals surface area contributed by atoms with Crippen molar-refractivity contribution in [2.24, 2.45) is 0 Å². The van der Waals surface area contributed by atoms with Gasteiger partial charge in [-0.3, -0.25) is 0 Å². The Morgan fingerprint density at radius 1 is 1.33 bits per heavy atom. The van der Waals surface area contributed by atoms with Crippen LogP contribution in [0.5, 0.6) is 5.88 Å². The van der Waals surface area contributed by atoms with Gasteiger partial charge < -0.3 is 10.1 Å². The number of alkyl halides is 3. The average molecular weight is 262 g/mol. The second kappa shape index (κ2) is 5.93. The summed E-state index contributed by atoms with van der Waals surface area (Å²) in [5, 5.41) is 2.76. The van der Waals surface area contributed by atoms with Gasteiger partial charge in [0.15, 0.2) is 0 Å². The van der Waals surface area contributed by atoms with Gasteiger partial charge >= 0.3 is 6.18 Å². The summed E-state index contributed by atoms with van der Waals surface area (Å²) < 4.78 is 43.4. The van der Waals surface area contributed by atoms with E-state index < -0.39 is 11.7 Å². The maximum Gasteiger partial charge on any atom is 0.416 e. The molecule has 1 rings (SSSR count). The summed E-state index contributed by atoms with van der Waals surface area (Å²) in [6.07, 6.45) is -3.87. The topological polar surface area (TPSA) is 34.1 Å². The van der Waals surface area contributed by atoms with Crippen molar-refractivity contribution in [3.8, 4) is 5.88 Å². The van der Waals surface area contributed by atoms with Crippen molar-refractivity contribution in [2.45, 2.75) is 39.5 Å². The minimum atomic E-state index is -4.40. The number of ether oxygens (including phenoxy) is 1. The lowest BCUT2D eigenvalue weighted by molar-refractivity contribution is -0.137. The third-order valence-corrected chi connectivity index (χ3v) is 2.38. The molecule has 18 heavy (non-hydrogen) atoms. The Bertz CT molecular complexity index is 393. The molecule has 0 aromatic carbocycles. The van der Waals surface area contributed by atoms with Gasteiger partial charge in [0.05, 0.1) is 11.7 Å². The van der Waals surface area contributed by atoms with Crippen molar-refractivity contribution < 1.29 is 17.9 Å². The second-order valence-electron chi connectivity index (χ2n) is 3.94. The van der Waals surface area contributed by atoms with E-state index in [-0.39, 0.29) is 17.8 Å². The predicted octanol–water partition coefficient (Wildman–Crippen LogP) is 3.71. The van der Waals surface area contributed by atoms with Crippen molar-refractivity contribution in [2.75, 3.05) is 11.9 Å². The van der Waals surface area contributed by atoms with Gasteiger partial charge in [0.1, 0.15) is 5.82 Å². The highest BCUT2D eigenvalue weighted by molar-refractivity contribution is 5.42. The Balaban J connectivity index is 3.06. The first-order valence-electron chi connectivity index (χ1n) is 5.86. The van der Waals surface area contributed by atoms with E-state index in [1.54, 1.807) is 13.8 Å². The highest BCUT2D eigenvalue weighted by atomic mass is 19.4. The molecule has 1 heterocycles. The predicted molar refractivity (Wildman–Crippen MR) is 63.8 cm³/mol. The minimum Gasteiger partial charge on any atom is -0.475 e. The summed E-state index contributed by atoms with van der Waals surface area (Å²) in [5.41, 5.74) is -0.758. The van der Waals surface area contributed by atoms with Gasteiger partial charge in [-0.05, 0) is 26.3 Å². The van der Waals surface area contributed by atoms with Crippen LogP contribution in [0.3, 0.4) is 0 Å². The Morgan fingerprint density at radius 2 is 2.00 bits per heavy atom. The fourth-order valence-corrected chi connectivity index (χ4v) is 1.29. The van der Waals surface area contributed by atoms with E-state index in [1.807, 2.05) is 6.92 Å². The Labute approximate surface area is 104 Å². The number of pyridine rings is 1. The van der Waals surface area contributed by atoms with Crippen LogP contribution in [0.25, 0.3) is 0 Å². The van der Waals surface area contributed by atoms with Crippen molar-refractivity contribution >= 4 is 5.82 Å². The zero-order valence-corrected chi connectivity index (χ0v) is 10.6. The van der Waals surface area contributed by atoms with Crippen molar-refractivity contribution in [3.63, 3.8) is 0 Å². The van der Waals surface area contributed by atoms with Gasteiger partial charge in [-0.2, -0.15) is 18.2 Å².